The van der Waals surface area contributed by atoms with E-state index < -0.39 is 64.0 Å². The van der Waals surface area contributed by atoms with Crippen LogP contribution in [0.5, 0.6) is 5.75 Å². The SMILES string of the molecule is C=CC(=O)N1CCN(c2nc(=O)n(-c3c(C)ccc(CNC(=O)CC4CC(Nc5cccc6c5C(=O)N(C5CCC(=O)NC5=O)C6=O)C4)c3C)c3nc(-c4c(O)cccc4F)c(F)cc23)[C@@H](C)C1. The first kappa shape index (κ1) is 45.3. The second-order valence-corrected chi connectivity index (χ2v) is 17.8. The van der Waals surface area contributed by atoms with Gasteiger partial charge >= 0.3 is 5.69 Å². The molecule has 4 aliphatic rings. The van der Waals surface area contributed by atoms with Crippen LogP contribution < -0.4 is 26.5 Å². The van der Waals surface area contributed by atoms with Crippen molar-refractivity contribution in [3.63, 3.8) is 0 Å². The van der Waals surface area contributed by atoms with Crippen LogP contribution in [0, 0.1) is 31.4 Å². The molecule has 5 aromatic rings. The van der Waals surface area contributed by atoms with Crippen molar-refractivity contribution in [2.45, 2.75) is 77.5 Å². The second kappa shape index (κ2) is 17.8. The number of nitrogens with one attached hydrogen (secondary N) is 3. The minimum atomic E-state index is -1.08. The summed E-state index contributed by atoms with van der Waals surface area (Å²) in [6, 6.07) is 11.6. The molecule has 3 aliphatic heterocycles. The molecule has 0 spiro atoms. The molecule has 3 aromatic carbocycles. The molecular weight excluding hydrogens is 881 g/mol. The topological polar surface area (TPSA) is 216 Å². The standard InChI is InChI=1S/C49H47F2N9O8/c1-5-39(64)57-16-17-58(25(3)23-57)44-31-21-33(51)42(41-32(50)9-7-11-36(41)61)55-45(31)60(49(68)56-44)43-24(2)12-13-28(26(43)4)22-52-38(63)20-27-18-29(19-27)53-34-10-6-8-30-40(34)48(67)59(47(30)66)35-14-15-37(62)54-46(35)65/h5-13,21,25,27,29,35,53,61H,1,14-20,22-23H2,2-4H3,(H,52,63)(H,54,62,65)/t25-,27?,29?,35?/m0/s1. The third-order valence-corrected chi connectivity index (χ3v) is 13.4. The van der Waals surface area contributed by atoms with Gasteiger partial charge in [-0.15, -0.1) is 0 Å². The van der Waals surface area contributed by atoms with Gasteiger partial charge in [-0.05, 0) is 99.0 Å². The van der Waals surface area contributed by atoms with E-state index in [1.807, 2.05) is 13.0 Å². The Bertz CT molecular complexity index is 3060. The zero-order chi connectivity index (χ0) is 48.3. The van der Waals surface area contributed by atoms with Crippen molar-refractivity contribution in [3.05, 3.63) is 117 Å². The molecular formula is C49H47F2N9O8. The van der Waals surface area contributed by atoms with E-state index >= 15 is 8.78 Å². The zero-order valence-electron chi connectivity index (χ0n) is 37.4. The smallest absolute Gasteiger partial charge is 0.355 e. The molecule has 350 valence electrons. The number of benzene rings is 3. The largest absolute Gasteiger partial charge is 0.507 e. The zero-order valence-corrected chi connectivity index (χ0v) is 37.4. The predicted molar refractivity (Wildman–Crippen MR) is 245 cm³/mol. The number of carbonyl (C=O) groups is 6. The van der Waals surface area contributed by atoms with Gasteiger partial charge < -0.3 is 25.5 Å². The number of aryl methyl sites for hydroxylation is 1. The fourth-order valence-electron chi connectivity index (χ4n) is 9.87. The Morgan fingerprint density at radius 2 is 1.72 bits per heavy atom. The lowest BCUT2D eigenvalue weighted by Gasteiger charge is -2.40. The fourth-order valence-corrected chi connectivity index (χ4v) is 9.87. The maximum Gasteiger partial charge on any atom is 0.355 e. The first-order chi connectivity index (χ1) is 32.5. The van der Waals surface area contributed by atoms with Crippen LogP contribution >= 0.6 is 0 Å². The Morgan fingerprint density at radius 1 is 0.956 bits per heavy atom. The number of carbonyl (C=O) groups excluding carboxylic acids is 6. The number of nitrogens with zero attached hydrogens (tertiary/aromatic N) is 6. The van der Waals surface area contributed by atoms with Crippen LogP contribution in [-0.2, 0) is 25.7 Å². The number of aromatic hydroxyl groups is 1. The number of piperidine rings is 1. The molecule has 0 radical (unpaired) electrons. The summed E-state index contributed by atoms with van der Waals surface area (Å²) in [5.74, 6) is -5.15. The molecule has 2 aromatic heterocycles. The molecule has 6 amide bonds. The lowest BCUT2D eigenvalue weighted by molar-refractivity contribution is -0.136. The molecule has 1 unspecified atom stereocenters. The molecule has 68 heavy (non-hydrogen) atoms. The number of fused-ring (bicyclic) bond motifs is 2. The quantitative estimate of drug-likeness (QED) is 0.106. The van der Waals surface area contributed by atoms with E-state index in [0.717, 1.165) is 17.0 Å². The first-order valence-electron chi connectivity index (χ1n) is 22.3. The molecule has 4 N–H and O–H groups in total. The molecule has 0 bridgehead atoms. The fraction of sp³-hybridized carbons (Fsp3) is 0.327. The average Bonchev–Trinajstić information content (AvgIpc) is 3.54. The summed E-state index contributed by atoms with van der Waals surface area (Å²) in [7, 11) is 0. The van der Waals surface area contributed by atoms with E-state index in [4.69, 9.17) is 0 Å². The average molecular weight is 928 g/mol. The van der Waals surface area contributed by atoms with Crippen LogP contribution in [0.2, 0.25) is 0 Å². The van der Waals surface area contributed by atoms with Crippen molar-refractivity contribution in [2.75, 3.05) is 29.9 Å². The second-order valence-electron chi connectivity index (χ2n) is 17.8. The van der Waals surface area contributed by atoms with Crippen molar-refractivity contribution in [1.82, 2.24) is 35.0 Å². The van der Waals surface area contributed by atoms with Crippen LogP contribution in [-0.4, -0.2) is 103 Å². The van der Waals surface area contributed by atoms with Crippen molar-refractivity contribution >= 4 is 58.0 Å². The van der Waals surface area contributed by atoms with Gasteiger partial charge in [-0.1, -0.05) is 30.8 Å². The summed E-state index contributed by atoms with van der Waals surface area (Å²) in [4.78, 5) is 105. The van der Waals surface area contributed by atoms with Crippen molar-refractivity contribution in [1.29, 1.82) is 0 Å². The number of amides is 6. The lowest BCUT2D eigenvalue weighted by atomic mass is 9.77. The van der Waals surface area contributed by atoms with E-state index in [9.17, 15) is 38.7 Å². The molecule has 2 saturated heterocycles. The van der Waals surface area contributed by atoms with E-state index in [2.05, 4.69) is 32.5 Å². The number of hydrogen-bond donors (Lipinski definition) is 4. The Kier molecular flexibility index (Phi) is 11.8. The highest BCUT2D eigenvalue weighted by molar-refractivity contribution is 6.25. The molecule has 19 heteroatoms. The number of pyridine rings is 1. The minimum Gasteiger partial charge on any atom is -0.507 e. The first-order valence-corrected chi connectivity index (χ1v) is 22.3. The van der Waals surface area contributed by atoms with Gasteiger partial charge in [-0.2, -0.15) is 4.98 Å². The Hall–Kier alpha value is -7.83. The number of anilines is 2. The number of phenols is 1. The number of phenolic OH excluding ortho intramolecular Hbond substituents is 1. The van der Waals surface area contributed by atoms with Crippen LogP contribution in [0.25, 0.3) is 28.0 Å². The van der Waals surface area contributed by atoms with Gasteiger partial charge in [0.05, 0.1) is 27.8 Å². The van der Waals surface area contributed by atoms with Crippen LogP contribution in [0.15, 0.2) is 72.0 Å². The molecule has 1 saturated carbocycles. The van der Waals surface area contributed by atoms with Gasteiger partial charge in [0.1, 0.15) is 29.1 Å². The minimum absolute atomic E-state index is 0.00787. The van der Waals surface area contributed by atoms with Crippen LogP contribution in [0.4, 0.5) is 20.3 Å². The van der Waals surface area contributed by atoms with Crippen molar-refractivity contribution in [3.8, 4) is 22.7 Å². The Balaban J connectivity index is 0.932. The van der Waals surface area contributed by atoms with E-state index in [1.54, 1.807) is 41.8 Å². The highest BCUT2D eigenvalue weighted by Gasteiger charge is 2.46. The maximum absolute atomic E-state index is 16.2. The lowest BCUT2D eigenvalue weighted by Crippen LogP contribution is -2.54. The molecule has 1 aliphatic carbocycles. The number of piperazine rings is 1. The van der Waals surface area contributed by atoms with E-state index in [1.165, 1.54) is 28.8 Å². The number of halogens is 2. The molecule has 17 nitrogen and oxygen atoms in total. The highest BCUT2D eigenvalue weighted by atomic mass is 19.1. The maximum atomic E-state index is 16.2. The van der Waals surface area contributed by atoms with Gasteiger partial charge in [-0.3, -0.25) is 39.0 Å². The van der Waals surface area contributed by atoms with Gasteiger partial charge in [0.2, 0.25) is 23.6 Å². The highest BCUT2D eigenvalue weighted by Crippen LogP contribution is 2.39. The number of hydrogen-bond acceptors (Lipinski definition) is 12. The van der Waals surface area contributed by atoms with Crippen molar-refractivity contribution < 1.29 is 42.7 Å². The monoisotopic (exact) mass is 927 g/mol. The van der Waals surface area contributed by atoms with Gasteiger partial charge in [0, 0.05) is 56.8 Å². The van der Waals surface area contributed by atoms with Gasteiger partial charge in [0.25, 0.3) is 11.8 Å². The summed E-state index contributed by atoms with van der Waals surface area (Å²) in [5, 5.41) is 19.4. The van der Waals surface area contributed by atoms with Crippen molar-refractivity contribution in [2.24, 2.45) is 5.92 Å². The van der Waals surface area contributed by atoms with Crippen LogP contribution in [0.3, 0.4) is 0 Å². The summed E-state index contributed by atoms with van der Waals surface area (Å²) >= 11 is 0. The third kappa shape index (κ3) is 8.00. The predicted octanol–water partition coefficient (Wildman–Crippen LogP) is 4.57. The Labute approximate surface area is 387 Å². The number of imide groups is 2. The summed E-state index contributed by atoms with van der Waals surface area (Å²) in [6.07, 6.45) is 2.69. The molecule has 2 atom stereocenters. The van der Waals surface area contributed by atoms with Gasteiger partial charge in [0.15, 0.2) is 11.5 Å². The summed E-state index contributed by atoms with van der Waals surface area (Å²) in [6.45, 7) is 9.84. The molecule has 3 fully saturated rings. The summed E-state index contributed by atoms with van der Waals surface area (Å²) in [5.41, 5.74) is 1.18. The normalized spacial score (nSPS) is 20.3. The van der Waals surface area contributed by atoms with Gasteiger partial charge in [-0.25, -0.2) is 23.1 Å². The van der Waals surface area contributed by atoms with E-state index in [0.29, 0.717) is 40.9 Å². The number of rotatable bonds is 11. The summed E-state index contributed by atoms with van der Waals surface area (Å²) < 4.78 is 32.8. The molecule has 9 rings (SSSR count). The third-order valence-electron chi connectivity index (χ3n) is 13.4. The van der Waals surface area contributed by atoms with E-state index in [-0.39, 0.29) is 103 Å². The Morgan fingerprint density at radius 3 is 2.44 bits per heavy atom. The molecule has 5 heterocycles. The number of aromatic nitrogens is 3. The van der Waals surface area contributed by atoms with Crippen LogP contribution in [0.1, 0.15) is 76.4 Å².